The number of hydrogen-bond acceptors (Lipinski definition) is 3. The van der Waals surface area contributed by atoms with Gasteiger partial charge in [0.2, 0.25) is 0 Å². The molecule has 1 aromatic rings. The summed E-state index contributed by atoms with van der Waals surface area (Å²) >= 11 is 11.8. The van der Waals surface area contributed by atoms with Crippen molar-refractivity contribution in [2.24, 2.45) is 5.41 Å². The molecule has 0 saturated heterocycles. The van der Waals surface area contributed by atoms with Crippen LogP contribution in [0.15, 0.2) is 24.3 Å². The summed E-state index contributed by atoms with van der Waals surface area (Å²) in [5, 5.41) is 2.73. The van der Waals surface area contributed by atoms with Crippen molar-refractivity contribution in [3.8, 4) is 0 Å². The van der Waals surface area contributed by atoms with Crippen molar-refractivity contribution >= 4 is 35.1 Å². The van der Waals surface area contributed by atoms with Crippen LogP contribution in [0.2, 0.25) is 0 Å². The molecule has 2 rings (SSSR count). The van der Waals surface area contributed by atoms with Gasteiger partial charge >= 0.3 is 5.97 Å². The number of esters is 1. The van der Waals surface area contributed by atoms with Gasteiger partial charge in [-0.3, -0.25) is 9.59 Å². The number of nitrogens with one attached hydrogen (secondary N) is 1. The van der Waals surface area contributed by atoms with Crippen molar-refractivity contribution in [2.75, 3.05) is 13.2 Å². The van der Waals surface area contributed by atoms with Crippen LogP contribution in [-0.2, 0) is 20.7 Å². The molecule has 4 nitrogen and oxygen atoms in total. The normalized spacial score (nSPS) is 21.4. The summed E-state index contributed by atoms with van der Waals surface area (Å²) in [6.07, 6.45) is 1.07. The fourth-order valence-electron chi connectivity index (χ4n) is 2.38. The lowest BCUT2D eigenvalue weighted by Gasteiger charge is -2.12. The lowest BCUT2D eigenvalue weighted by atomic mass is 10.0. The fraction of sp³-hybridized carbons (Fsp3) is 0.556. The monoisotopic (exact) mass is 371 g/mol. The van der Waals surface area contributed by atoms with Crippen molar-refractivity contribution in [2.45, 2.75) is 43.9 Å². The van der Waals surface area contributed by atoms with Gasteiger partial charge in [0.1, 0.15) is 9.75 Å². The van der Waals surface area contributed by atoms with Gasteiger partial charge in [-0.2, -0.15) is 0 Å². The minimum atomic E-state index is -1.08. The van der Waals surface area contributed by atoms with E-state index in [9.17, 15) is 9.59 Å². The summed E-state index contributed by atoms with van der Waals surface area (Å²) in [5.41, 5.74) is 1.53. The van der Waals surface area contributed by atoms with E-state index >= 15 is 0 Å². The molecule has 1 atom stereocenters. The van der Waals surface area contributed by atoms with E-state index in [1.807, 2.05) is 0 Å². The number of amides is 1. The van der Waals surface area contributed by atoms with Crippen LogP contribution in [0.25, 0.3) is 0 Å². The molecule has 1 N–H and O–H groups in total. The van der Waals surface area contributed by atoms with Crippen LogP contribution in [0, 0.1) is 5.41 Å². The maximum Gasteiger partial charge on any atom is 0.315 e. The second kappa shape index (κ2) is 7.32. The lowest BCUT2D eigenvalue weighted by Crippen LogP contribution is -2.32. The molecule has 1 aliphatic rings. The van der Waals surface area contributed by atoms with E-state index in [4.69, 9.17) is 27.9 Å². The van der Waals surface area contributed by atoms with Crippen LogP contribution in [0.1, 0.15) is 44.2 Å². The van der Waals surface area contributed by atoms with Crippen LogP contribution in [0.5, 0.6) is 0 Å². The third-order valence-electron chi connectivity index (χ3n) is 4.42. The quantitative estimate of drug-likeness (QED) is 0.588. The van der Waals surface area contributed by atoms with Gasteiger partial charge in [0.15, 0.2) is 6.61 Å². The van der Waals surface area contributed by atoms with Crippen LogP contribution < -0.4 is 5.32 Å². The van der Waals surface area contributed by atoms with E-state index in [0.29, 0.717) is 18.9 Å². The summed E-state index contributed by atoms with van der Waals surface area (Å²) in [6.45, 7) is 6.11. The average Bonchev–Trinajstić information content (AvgIpc) is 3.05. The Bertz CT molecular complexity index is 613. The van der Waals surface area contributed by atoms with Crippen molar-refractivity contribution < 1.29 is 14.3 Å². The molecule has 1 aromatic carbocycles. The van der Waals surface area contributed by atoms with Gasteiger partial charge in [0, 0.05) is 13.0 Å². The first-order valence-electron chi connectivity index (χ1n) is 8.06. The Kier molecular flexibility index (Phi) is 5.82. The van der Waals surface area contributed by atoms with Gasteiger partial charge in [0.05, 0.1) is 0 Å². The molecule has 0 unspecified atom stereocenters. The van der Waals surface area contributed by atoms with E-state index in [-0.39, 0.29) is 12.5 Å². The number of rotatable bonds is 7. The van der Waals surface area contributed by atoms with Crippen molar-refractivity contribution in [1.82, 2.24) is 5.32 Å². The number of alkyl halides is 2. The van der Waals surface area contributed by atoms with E-state index in [0.717, 1.165) is 12.0 Å². The van der Waals surface area contributed by atoms with Crippen LogP contribution >= 0.6 is 23.2 Å². The highest BCUT2D eigenvalue weighted by molar-refractivity contribution is 6.53. The molecule has 24 heavy (non-hydrogen) atoms. The molecule has 6 heteroatoms. The average molecular weight is 372 g/mol. The molecule has 0 aliphatic heterocycles. The second-order valence-corrected chi connectivity index (χ2v) is 8.27. The molecule has 1 aliphatic carbocycles. The molecule has 0 aromatic heterocycles. The highest BCUT2D eigenvalue weighted by Crippen LogP contribution is 2.64. The minimum Gasteiger partial charge on any atom is -0.455 e. The molecular weight excluding hydrogens is 349 g/mol. The van der Waals surface area contributed by atoms with Crippen molar-refractivity contribution in [1.29, 1.82) is 0 Å². The zero-order valence-electron chi connectivity index (χ0n) is 14.2. The maximum absolute atomic E-state index is 11.9. The van der Waals surface area contributed by atoms with Gasteiger partial charge < -0.3 is 10.1 Å². The van der Waals surface area contributed by atoms with Crippen LogP contribution in [-0.4, -0.2) is 29.4 Å². The maximum atomic E-state index is 11.9. The molecule has 1 amide bonds. The SMILES string of the molecule is CC(C)c1ccc(CCNC(=O)COC(=O)[C@@]2(C)CC2(Cl)Cl)cc1. The summed E-state index contributed by atoms with van der Waals surface area (Å²) in [7, 11) is 0. The molecule has 0 bridgehead atoms. The lowest BCUT2D eigenvalue weighted by molar-refractivity contribution is -0.153. The minimum absolute atomic E-state index is 0.315. The molecule has 0 radical (unpaired) electrons. The van der Waals surface area contributed by atoms with E-state index in [1.165, 1.54) is 5.56 Å². The number of halogens is 2. The number of ether oxygens (including phenoxy) is 1. The number of hydrogen-bond donors (Lipinski definition) is 1. The summed E-state index contributed by atoms with van der Waals surface area (Å²) in [4.78, 5) is 23.6. The first-order valence-corrected chi connectivity index (χ1v) is 8.82. The van der Waals surface area contributed by atoms with Gasteiger partial charge in [-0.25, -0.2) is 0 Å². The zero-order valence-corrected chi connectivity index (χ0v) is 15.7. The van der Waals surface area contributed by atoms with E-state index in [2.05, 4.69) is 43.4 Å². The fourth-order valence-corrected chi connectivity index (χ4v) is 3.07. The summed E-state index contributed by atoms with van der Waals surface area (Å²) in [5.74, 6) is -0.366. The first-order chi connectivity index (χ1) is 11.2. The second-order valence-electron chi connectivity index (χ2n) is 6.79. The molecule has 1 saturated carbocycles. The predicted molar refractivity (Wildman–Crippen MR) is 95.4 cm³/mol. The van der Waals surface area contributed by atoms with E-state index < -0.39 is 15.7 Å². The predicted octanol–water partition coefficient (Wildman–Crippen LogP) is 3.60. The third-order valence-corrected chi connectivity index (χ3v) is 5.53. The first kappa shape index (κ1) is 19.1. The molecule has 132 valence electrons. The Morgan fingerprint density at radius 1 is 1.25 bits per heavy atom. The summed E-state index contributed by atoms with van der Waals surface area (Å²) in [6, 6.07) is 8.33. The summed E-state index contributed by atoms with van der Waals surface area (Å²) < 4.78 is 3.91. The molecule has 0 spiro atoms. The van der Waals surface area contributed by atoms with Crippen LogP contribution in [0.3, 0.4) is 0 Å². The highest BCUT2D eigenvalue weighted by Gasteiger charge is 2.69. The standard InChI is InChI=1S/C18H23Cl2NO3/c1-12(2)14-6-4-13(5-7-14)8-9-21-15(22)10-24-16(23)17(3)11-18(17,19)20/h4-7,12H,8-11H2,1-3H3,(H,21,22)/t17-/m1/s1. The Balaban J connectivity index is 1.67. The molecular formula is C18H23Cl2NO3. The molecule has 1 fully saturated rings. The zero-order chi connectivity index (χ0) is 18.0. The van der Waals surface area contributed by atoms with Crippen LogP contribution in [0.4, 0.5) is 0 Å². The largest absolute Gasteiger partial charge is 0.455 e. The van der Waals surface area contributed by atoms with Crippen molar-refractivity contribution in [3.05, 3.63) is 35.4 Å². The van der Waals surface area contributed by atoms with Gasteiger partial charge in [-0.05, 0) is 30.4 Å². The number of carbonyl (C=O) groups is 2. The topological polar surface area (TPSA) is 55.4 Å². The van der Waals surface area contributed by atoms with E-state index in [1.54, 1.807) is 6.92 Å². The van der Waals surface area contributed by atoms with Crippen molar-refractivity contribution in [3.63, 3.8) is 0 Å². The van der Waals surface area contributed by atoms with Gasteiger partial charge in [-0.15, -0.1) is 23.2 Å². The van der Waals surface area contributed by atoms with Gasteiger partial charge in [-0.1, -0.05) is 38.1 Å². The Morgan fingerprint density at radius 3 is 2.33 bits per heavy atom. The smallest absolute Gasteiger partial charge is 0.315 e. The number of carbonyl (C=O) groups excluding carboxylic acids is 2. The highest BCUT2D eigenvalue weighted by atomic mass is 35.5. The Labute approximate surface area is 152 Å². The van der Waals surface area contributed by atoms with Gasteiger partial charge in [0.25, 0.3) is 5.91 Å². The third kappa shape index (κ3) is 4.42. The Morgan fingerprint density at radius 2 is 1.83 bits per heavy atom. The molecule has 0 heterocycles. The Hall–Kier alpha value is -1.26. The number of benzene rings is 1.